The Morgan fingerprint density at radius 1 is 0.971 bits per heavy atom. The molecule has 10 heteroatoms. The van der Waals surface area contributed by atoms with Gasteiger partial charge in [0.05, 0.1) is 18.4 Å². The molecular weight excluding hydrogens is 462 g/mol. The van der Waals surface area contributed by atoms with Crippen LogP contribution < -0.4 is 4.72 Å². The van der Waals surface area contributed by atoms with E-state index < -0.39 is 10.0 Å². The highest BCUT2D eigenvalue weighted by atomic mass is 32.2. The summed E-state index contributed by atoms with van der Waals surface area (Å²) < 4.78 is 30.1. The monoisotopic (exact) mass is 489 g/mol. The molecule has 1 unspecified atom stereocenters. The van der Waals surface area contributed by atoms with Gasteiger partial charge in [-0.3, -0.25) is 9.36 Å². The predicted molar refractivity (Wildman–Crippen MR) is 134 cm³/mol. The van der Waals surface area contributed by atoms with E-state index in [0.29, 0.717) is 12.2 Å². The molecule has 1 saturated carbocycles. The molecule has 0 saturated heterocycles. The summed E-state index contributed by atoms with van der Waals surface area (Å²) >= 11 is 0. The maximum Gasteiger partial charge on any atom is 0.233 e. The minimum atomic E-state index is -3.44. The molecule has 1 N–H and O–H groups in total. The number of aromatic nitrogens is 6. The molecule has 1 aliphatic rings. The summed E-state index contributed by atoms with van der Waals surface area (Å²) in [6, 6.07) is 8.10. The van der Waals surface area contributed by atoms with Gasteiger partial charge in [-0.15, -0.1) is 0 Å². The van der Waals surface area contributed by atoms with Crippen molar-refractivity contribution >= 4 is 10.0 Å². The average molecular weight is 490 g/mol. The lowest BCUT2D eigenvalue weighted by Gasteiger charge is -2.29. The number of rotatable bonds is 7. The van der Waals surface area contributed by atoms with Crippen LogP contribution in [0.4, 0.5) is 0 Å². The van der Waals surface area contributed by atoms with Gasteiger partial charge in [-0.25, -0.2) is 23.1 Å². The van der Waals surface area contributed by atoms with Crippen molar-refractivity contribution in [1.29, 1.82) is 0 Å². The minimum Gasteiger partial charge on any atom is -0.275 e. The van der Waals surface area contributed by atoms with E-state index in [1.807, 2.05) is 60.9 Å². The second-order valence-corrected chi connectivity index (χ2v) is 10.5. The summed E-state index contributed by atoms with van der Waals surface area (Å²) in [6.07, 6.45) is 14.6. The molecule has 4 aromatic rings. The van der Waals surface area contributed by atoms with Crippen molar-refractivity contribution in [2.24, 2.45) is 7.05 Å². The zero-order chi connectivity index (χ0) is 24.4. The van der Waals surface area contributed by atoms with Crippen molar-refractivity contribution in [3.63, 3.8) is 0 Å². The Morgan fingerprint density at radius 2 is 1.71 bits per heavy atom. The first-order valence-corrected chi connectivity index (χ1v) is 13.1. The van der Waals surface area contributed by atoms with Gasteiger partial charge in [0, 0.05) is 65.5 Å². The van der Waals surface area contributed by atoms with Crippen LogP contribution in [-0.4, -0.2) is 44.0 Å². The fraction of sp³-hybridized carbons (Fsp3) is 0.280. The highest BCUT2D eigenvalue weighted by molar-refractivity contribution is 7.92. The Morgan fingerprint density at radius 3 is 2.46 bits per heavy atom. The van der Waals surface area contributed by atoms with Crippen LogP contribution in [-0.2, 0) is 17.1 Å². The Hall–Kier alpha value is -3.63. The van der Waals surface area contributed by atoms with Crippen molar-refractivity contribution in [2.75, 3.05) is 0 Å². The van der Waals surface area contributed by atoms with E-state index in [9.17, 15) is 8.42 Å². The van der Waals surface area contributed by atoms with Crippen LogP contribution in [0.2, 0.25) is 0 Å². The fourth-order valence-electron chi connectivity index (χ4n) is 4.51. The Labute approximate surface area is 204 Å². The summed E-state index contributed by atoms with van der Waals surface area (Å²) in [5.74, 6) is 0.650. The quantitative estimate of drug-likeness (QED) is 0.421. The second kappa shape index (κ2) is 9.55. The molecule has 180 valence electrons. The van der Waals surface area contributed by atoms with E-state index >= 15 is 0 Å². The highest BCUT2D eigenvalue weighted by Crippen LogP contribution is 2.30. The van der Waals surface area contributed by atoms with Crippen LogP contribution >= 0.6 is 0 Å². The Kier molecular flexibility index (Phi) is 6.31. The third-order valence-electron chi connectivity index (χ3n) is 6.32. The lowest BCUT2D eigenvalue weighted by molar-refractivity contribution is 0.289. The van der Waals surface area contributed by atoms with Crippen molar-refractivity contribution < 1.29 is 8.42 Å². The fourth-order valence-corrected chi connectivity index (χ4v) is 5.29. The number of nitrogens with zero attached hydrogens (tertiary/aromatic N) is 6. The molecule has 3 heterocycles. The van der Waals surface area contributed by atoms with Gasteiger partial charge in [0.15, 0.2) is 5.82 Å². The van der Waals surface area contributed by atoms with Gasteiger partial charge in [-0.1, -0.05) is 24.8 Å². The predicted octanol–water partition coefficient (Wildman–Crippen LogP) is 3.95. The molecule has 0 radical (unpaired) electrons. The zero-order valence-electron chi connectivity index (χ0n) is 19.4. The van der Waals surface area contributed by atoms with Gasteiger partial charge in [0.25, 0.3) is 0 Å². The van der Waals surface area contributed by atoms with Crippen molar-refractivity contribution in [2.45, 2.75) is 37.8 Å². The lowest BCUT2D eigenvalue weighted by Crippen LogP contribution is -2.37. The largest absolute Gasteiger partial charge is 0.275 e. The summed E-state index contributed by atoms with van der Waals surface area (Å²) in [5, 5.41) is 9.75. The Balaban J connectivity index is 1.30. The third kappa shape index (κ3) is 5.23. The van der Waals surface area contributed by atoms with Crippen LogP contribution in [0.3, 0.4) is 0 Å². The zero-order valence-corrected chi connectivity index (χ0v) is 20.3. The van der Waals surface area contributed by atoms with E-state index in [2.05, 4.69) is 37.5 Å². The maximum atomic E-state index is 11.9. The SMILES string of the molecule is C=CS(=O)(=O)N[C@@H]1CCCC(n2cc(-c3cnc(-c4cccc(-c5cnn(C)c5)c4)nc3)cn2)C1. The van der Waals surface area contributed by atoms with Crippen molar-refractivity contribution in [3.05, 3.63) is 73.4 Å². The molecule has 9 nitrogen and oxygen atoms in total. The first kappa shape index (κ1) is 23.1. The van der Waals surface area contributed by atoms with Crippen LogP contribution in [0.15, 0.2) is 73.4 Å². The molecule has 0 aliphatic heterocycles. The van der Waals surface area contributed by atoms with Crippen LogP contribution in [0.1, 0.15) is 31.7 Å². The van der Waals surface area contributed by atoms with Crippen molar-refractivity contribution in [1.82, 2.24) is 34.3 Å². The first-order chi connectivity index (χ1) is 16.9. The van der Waals surface area contributed by atoms with Gasteiger partial charge in [0.2, 0.25) is 10.0 Å². The van der Waals surface area contributed by atoms with Crippen LogP contribution in [0.5, 0.6) is 0 Å². The molecule has 35 heavy (non-hydrogen) atoms. The molecule has 2 atom stereocenters. The lowest BCUT2D eigenvalue weighted by atomic mass is 9.92. The second-order valence-electron chi connectivity index (χ2n) is 8.83. The number of hydrogen-bond donors (Lipinski definition) is 1. The minimum absolute atomic E-state index is 0.116. The number of sulfonamides is 1. The van der Waals surface area contributed by atoms with Crippen LogP contribution in [0.25, 0.3) is 33.6 Å². The topological polar surface area (TPSA) is 108 Å². The molecule has 1 fully saturated rings. The third-order valence-corrected chi connectivity index (χ3v) is 7.42. The molecule has 0 spiro atoms. The normalized spacial score (nSPS) is 18.4. The molecule has 0 bridgehead atoms. The van der Waals surface area contributed by atoms with E-state index in [1.54, 1.807) is 10.9 Å². The molecular formula is C25H27N7O2S. The van der Waals surface area contributed by atoms with Gasteiger partial charge in [-0.2, -0.15) is 10.2 Å². The summed E-state index contributed by atoms with van der Waals surface area (Å²) in [5.41, 5.74) is 4.84. The van der Waals surface area contributed by atoms with Gasteiger partial charge < -0.3 is 0 Å². The van der Waals surface area contributed by atoms with Gasteiger partial charge in [0.1, 0.15) is 0 Å². The molecule has 5 rings (SSSR count). The summed E-state index contributed by atoms with van der Waals surface area (Å²) in [4.78, 5) is 9.19. The standard InChI is InChI=1S/C25H27N7O2S/c1-3-35(33,34)30-23-8-5-9-24(11-23)32-17-22(15-29-32)20-12-26-25(27-13-20)19-7-4-6-18(10-19)21-14-28-31(2)16-21/h3-4,6-7,10,12-17,23-24,30H,1,5,8-9,11H2,2H3/t23-,24?/m1/s1. The maximum absolute atomic E-state index is 11.9. The van der Waals surface area contributed by atoms with Crippen LogP contribution in [0, 0.1) is 0 Å². The average Bonchev–Trinajstić information content (AvgIpc) is 3.54. The van der Waals surface area contributed by atoms with Crippen molar-refractivity contribution in [3.8, 4) is 33.6 Å². The van der Waals surface area contributed by atoms with E-state index in [4.69, 9.17) is 0 Å². The molecule has 1 aromatic carbocycles. The summed E-state index contributed by atoms with van der Waals surface area (Å²) in [6.45, 7) is 3.37. The van der Waals surface area contributed by atoms with Gasteiger partial charge >= 0.3 is 0 Å². The Bertz CT molecular complexity index is 1440. The number of hydrogen-bond acceptors (Lipinski definition) is 6. The van der Waals surface area contributed by atoms with E-state index in [1.165, 1.54) is 0 Å². The first-order valence-electron chi connectivity index (χ1n) is 11.5. The molecule has 1 aliphatic carbocycles. The van der Waals surface area contributed by atoms with E-state index in [-0.39, 0.29) is 12.1 Å². The van der Waals surface area contributed by atoms with E-state index in [0.717, 1.165) is 52.5 Å². The molecule has 3 aromatic heterocycles. The number of benzene rings is 1. The molecule has 0 amide bonds. The van der Waals surface area contributed by atoms with Gasteiger partial charge in [-0.05, 0) is 37.3 Å². The summed E-state index contributed by atoms with van der Waals surface area (Å²) in [7, 11) is -1.55. The smallest absolute Gasteiger partial charge is 0.233 e. The number of nitrogens with one attached hydrogen (secondary N) is 1. The highest BCUT2D eigenvalue weighted by Gasteiger charge is 2.26. The number of aryl methyl sites for hydroxylation is 1.